The second-order valence-corrected chi connectivity index (χ2v) is 6.01. The molecule has 108 valence electrons. The monoisotopic (exact) mass is 409 g/mol. The zero-order chi connectivity index (χ0) is 15.2. The van der Waals surface area contributed by atoms with Crippen LogP contribution >= 0.6 is 31.9 Å². The molecule has 0 saturated carbocycles. The predicted octanol–water partition coefficient (Wildman–Crippen LogP) is 4.44. The Morgan fingerprint density at radius 2 is 2.14 bits per heavy atom. The summed E-state index contributed by atoms with van der Waals surface area (Å²) in [5.74, 6) is 1.16. The van der Waals surface area contributed by atoms with Crippen LogP contribution < -0.4 is 10.6 Å². The number of rotatable bonds is 5. The fraction of sp³-hybridized carbons (Fsp3) is 0.214. The number of anilines is 3. The van der Waals surface area contributed by atoms with Gasteiger partial charge in [-0.05, 0) is 40.5 Å². The van der Waals surface area contributed by atoms with E-state index in [4.69, 9.17) is 5.26 Å². The van der Waals surface area contributed by atoms with E-state index in [0.29, 0.717) is 23.0 Å². The van der Waals surface area contributed by atoms with Crippen LogP contribution in [0.15, 0.2) is 33.3 Å². The molecule has 0 aliphatic carbocycles. The third-order valence-corrected chi connectivity index (χ3v) is 3.71. The lowest BCUT2D eigenvalue weighted by Crippen LogP contribution is -2.06. The lowest BCUT2D eigenvalue weighted by molar-refractivity contribution is 0.952. The van der Waals surface area contributed by atoms with Crippen LogP contribution in [0.2, 0.25) is 0 Å². The highest BCUT2D eigenvalue weighted by Crippen LogP contribution is 2.28. The molecule has 5 nitrogen and oxygen atoms in total. The first-order chi connectivity index (χ1) is 10.1. The molecule has 0 spiro atoms. The summed E-state index contributed by atoms with van der Waals surface area (Å²) in [5.41, 5.74) is 1.24. The molecule has 0 atom stereocenters. The maximum atomic E-state index is 9.17. The van der Waals surface area contributed by atoms with Gasteiger partial charge in [0, 0.05) is 17.2 Å². The third kappa shape index (κ3) is 4.16. The Kier molecular flexibility index (Phi) is 5.53. The van der Waals surface area contributed by atoms with Gasteiger partial charge in [0.2, 0.25) is 5.95 Å². The first-order valence-electron chi connectivity index (χ1n) is 6.37. The maximum absolute atomic E-state index is 9.17. The minimum Gasteiger partial charge on any atom is -0.354 e. The van der Waals surface area contributed by atoms with Crippen LogP contribution in [0.3, 0.4) is 0 Å². The molecule has 0 amide bonds. The molecule has 0 aliphatic heterocycles. The lowest BCUT2D eigenvalue weighted by atomic mass is 10.2. The summed E-state index contributed by atoms with van der Waals surface area (Å²) in [7, 11) is 0. The summed E-state index contributed by atoms with van der Waals surface area (Å²) in [6.45, 7) is 2.88. The van der Waals surface area contributed by atoms with Crippen molar-refractivity contribution in [3.05, 3.63) is 38.9 Å². The van der Waals surface area contributed by atoms with Crippen LogP contribution in [-0.4, -0.2) is 16.5 Å². The Morgan fingerprint density at radius 3 is 2.86 bits per heavy atom. The van der Waals surface area contributed by atoms with Crippen molar-refractivity contribution in [2.24, 2.45) is 0 Å². The van der Waals surface area contributed by atoms with Gasteiger partial charge in [0.05, 0.1) is 15.7 Å². The van der Waals surface area contributed by atoms with Gasteiger partial charge in [0.15, 0.2) is 0 Å². The van der Waals surface area contributed by atoms with Gasteiger partial charge >= 0.3 is 0 Å². The molecule has 21 heavy (non-hydrogen) atoms. The standard InChI is InChI=1S/C14H13Br2N5/c1-2-5-18-14-19-8-11(16)13(21-14)20-12-6-10(15)4-3-9(12)7-17/h3-4,6,8H,2,5H2,1H3,(H2,18,19,20,21). The molecule has 7 heteroatoms. The maximum Gasteiger partial charge on any atom is 0.224 e. The van der Waals surface area contributed by atoms with Crippen molar-refractivity contribution in [3.8, 4) is 6.07 Å². The summed E-state index contributed by atoms with van der Waals surface area (Å²) in [4.78, 5) is 8.60. The van der Waals surface area contributed by atoms with Gasteiger partial charge in [-0.1, -0.05) is 22.9 Å². The van der Waals surface area contributed by atoms with E-state index in [0.717, 1.165) is 21.9 Å². The summed E-state index contributed by atoms with van der Waals surface area (Å²) in [6.07, 6.45) is 2.67. The van der Waals surface area contributed by atoms with Crippen molar-refractivity contribution in [1.82, 2.24) is 9.97 Å². The Balaban J connectivity index is 2.31. The number of hydrogen-bond acceptors (Lipinski definition) is 5. The minimum absolute atomic E-state index is 0.548. The number of nitrogens with one attached hydrogen (secondary N) is 2. The zero-order valence-corrected chi connectivity index (χ0v) is 14.5. The van der Waals surface area contributed by atoms with Crippen molar-refractivity contribution in [1.29, 1.82) is 5.26 Å². The first kappa shape index (κ1) is 15.7. The van der Waals surface area contributed by atoms with E-state index >= 15 is 0 Å². The van der Waals surface area contributed by atoms with Crippen LogP contribution in [-0.2, 0) is 0 Å². The summed E-state index contributed by atoms with van der Waals surface area (Å²) in [6, 6.07) is 7.57. The van der Waals surface area contributed by atoms with Crippen LogP contribution in [0.25, 0.3) is 0 Å². The van der Waals surface area contributed by atoms with Gasteiger partial charge in [-0.2, -0.15) is 10.2 Å². The summed E-state index contributed by atoms with van der Waals surface area (Å²) < 4.78 is 1.62. The van der Waals surface area contributed by atoms with Gasteiger partial charge < -0.3 is 10.6 Å². The molecule has 1 aromatic heterocycles. The number of nitriles is 1. The van der Waals surface area contributed by atoms with Crippen LogP contribution in [0.5, 0.6) is 0 Å². The van der Waals surface area contributed by atoms with Gasteiger partial charge in [-0.25, -0.2) is 4.98 Å². The molecule has 0 bridgehead atoms. The molecule has 0 fully saturated rings. The molecule has 1 aromatic carbocycles. The van der Waals surface area contributed by atoms with E-state index in [-0.39, 0.29) is 0 Å². The lowest BCUT2D eigenvalue weighted by Gasteiger charge is -2.11. The summed E-state index contributed by atoms with van der Waals surface area (Å²) in [5, 5.41) is 15.5. The third-order valence-electron chi connectivity index (χ3n) is 2.63. The second kappa shape index (κ2) is 7.38. The first-order valence-corrected chi connectivity index (χ1v) is 7.95. The van der Waals surface area contributed by atoms with Gasteiger partial charge in [0.25, 0.3) is 0 Å². The minimum atomic E-state index is 0.548. The Bertz CT molecular complexity index is 682. The molecule has 0 radical (unpaired) electrons. The van der Waals surface area contributed by atoms with Gasteiger partial charge in [-0.3, -0.25) is 0 Å². The van der Waals surface area contributed by atoms with Gasteiger partial charge in [-0.15, -0.1) is 0 Å². The molecule has 2 N–H and O–H groups in total. The van der Waals surface area contributed by atoms with E-state index in [1.807, 2.05) is 12.1 Å². The Labute approximate surface area is 140 Å². The number of halogens is 2. The zero-order valence-electron chi connectivity index (χ0n) is 11.3. The average Bonchev–Trinajstić information content (AvgIpc) is 2.48. The molecule has 0 unspecified atom stereocenters. The highest BCUT2D eigenvalue weighted by Gasteiger charge is 2.09. The quantitative estimate of drug-likeness (QED) is 0.762. The van der Waals surface area contributed by atoms with E-state index in [2.05, 4.69) is 65.5 Å². The molecule has 0 aliphatic rings. The van der Waals surface area contributed by atoms with Crippen LogP contribution in [0, 0.1) is 11.3 Å². The number of nitrogens with zero attached hydrogens (tertiary/aromatic N) is 3. The van der Waals surface area contributed by atoms with E-state index in [1.165, 1.54) is 0 Å². The van der Waals surface area contributed by atoms with Crippen molar-refractivity contribution >= 4 is 49.3 Å². The second-order valence-electron chi connectivity index (χ2n) is 4.24. The molecule has 2 aromatic rings. The van der Waals surface area contributed by atoms with E-state index in [1.54, 1.807) is 12.3 Å². The number of hydrogen-bond donors (Lipinski definition) is 2. The topological polar surface area (TPSA) is 73.6 Å². The van der Waals surface area contributed by atoms with Crippen LogP contribution in [0.1, 0.15) is 18.9 Å². The average molecular weight is 411 g/mol. The molecular weight excluding hydrogens is 398 g/mol. The fourth-order valence-electron chi connectivity index (χ4n) is 1.62. The number of aromatic nitrogens is 2. The molecule has 2 rings (SSSR count). The van der Waals surface area contributed by atoms with Crippen LogP contribution in [0.4, 0.5) is 17.5 Å². The Morgan fingerprint density at radius 1 is 1.33 bits per heavy atom. The largest absolute Gasteiger partial charge is 0.354 e. The summed E-state index contributed by atoms with van der Waals surface area (Å²) >= 11 is 6.81. The smallest absolute Gasteiger partial charge is 0.224 e. The fourth-order valence-corrected chi connectivity index (χ4v) is 2.27. The molecular formula is C14H13Br2N5. The van der Waals surface area contributed by atoms with Crippen molar-refractivity contribution in [2.45, 2.75) is 13.3 Å². The molecule has 1 heterocycles. The van der Waals surface area contributed by atoms with Crippen molar-refractivity contribution < 1.29 is 0 Å². The van der Waals surface area contributed by atoms with E-state index in [9.17, 15) is 0 Å². The van der Waals surface area contributed by atoms with Gasteiger partial charge in [0.1, 0.15) is 11.9 Å². The van der Waals surface area contributed by atoms with Crippen molar-refractivity contribution in [2.75, 3.05) is 17.2 Å². The van der Waals surface area contributed by atoms with Crippen molar-refractivity contribution in [3.63, 3.8) is 0 Å². The highest BCUT2D eigenvalue weighted by atomic mass is 79.9. The molecule has 0 saturated heterocycles. The van der Waals surface area contributed by atoms with E-state index < -0.39 is 0 Å². The SMILES string of the molecule is CCCNc1ncc(Br)c(Nc2cc(Br)ccc2C#N)n1. The number of benzene rings is 1. The normalized spacial score (nSPS) is 10.0. The highest BCUT2D eigenvalue weighted by molar-refractivity contribution is 9.10. The predicted molar refractivity (Wildman–Crippen MR) is 90.7 cm³/mol. The Hall–Kier alpha value is -1.65.